The van der Waals surface area contributed by atoms with Gasteiger partial charge in [-0.1, -0.05) is 12.1 Å². The molecule has 5 nitrogen and oxygen atoms in total. The molecule has 0 bridgehead atoms. The van der Waals surface area contributed by atoms with Crippen molar-refractivity contribution in [2.45, 2.75) is 33.4 Å². The fourth-order valence-corrected chi connectivity index (χ4v) is 2.59. The van der Waals surface area contributed by atoms with Crippen molar-refractivity contribution in [1.82, 2.24) is 14.5 Å². The summed E-state index contributed by atoms with van der Waals surface area (Å²) in [5.41, 5.74) is 3.44. The summed E-state index contributed by atoms with van der Waals surface area (Å²) in [5.74, 6) is 1.86. The van der Waals surface area contributed by atoms with Crippen LogP contribution in [0.15, 0.2) is 24.5 Å². The highest BCUT2D eigenvalue weighted by molar-refractivity contribution is 5.44. The van der Waals surface area contributed by atoms with Gasteiger partial charge in [-0.3, -0.25) is 4.90 Å². The number of aryl methyl sites for hydroxylation is 3. The maximum Gasteiger partial charge on any atom is 0.125 e. The first kappa shape index (κ1) is 17.5. The van der Waals surface area contributed by atoms with Crippen LogP contribution in [-0.2, 0) is 13.6 Å². The highest BCUT2D eigenvalue weighted by Gasteiger charge is 2.13. The SMILES string of the molecule is Cc1ccc(C)c(OCC(O)CN(C)Cc2nccn2C)c1C. The van der Waals surface area contributed by atoms with Gasteiger partial charge in [-0.05, 0) is 44.5 Å². The number of nitrogens with zero attached hydrogens (tertiary/aromatic N) is 3. The normalized spacial score (nSPS) is 12.7. The molecule has 0 aliphatic heterocycles. The van der Waals surface area contributed by atoms with Crippen LogP contribution in [0.3, 0.4) is 0 Å². The molecule has 1 aromatic heterocycles. The average Bonchev–Trinajstić information content (AvgIpc) is 2.88. The van der Waals surface area contributed by atoms with E-state index in [0.717, 1.165) is 22.7 Å². The van der Waals surface area contributed by atoms with Crippen molar-refractivity contribution in [2.24, 2.45) is 7.05 Å². The molecule has 1 unspecified atom stereocenters. The molecule has 1 aromatic carbocycles. The molecule has 0 spiro atoms. The summed E-state index contributed by atoms with van der Waals surface area (Å²) >= 11 is 0. The molecule has 23 heavy (non-hydrogen) atoms. The van der Waals surface area contributed by atoms with Crippen molar-refractivity contribution >= 4 is 0 Å². The van der Waals surface area contributed by atoms with E-state index >= 15 is 0 Å². The zero-order valence-corrected chi connectivity index (χ0v) is 14.7. The number of hydrogen-bond acceptors (Lipinski definition) is 4. The molecule has 0 saturated carbocycles. The summed E-state index contributed by atoms with van der Waals surface area (Å²) in [6.45, 7) is 7.67. The Kier molecular flexibility index (Phi) is 5.80. The van der Waals surface area contributed by atoms with Crippen LogP contribution in [0.4, 0.5) is 0 Å². The summed E-state index contributed by atoms with van der Waals surface area (Å²) in [6, 6.07) is 4.14. The predicted molar refractivity (Wildman–Crippen MR) is 91.7 cm³/mol. The third-order valence-corrected chi connectivity index (χ3v) is 4.15. The average molecular weight is 317 g/mol. The number of aromatic nitrogens is 2. The van der Waals surface area contributed by atoms with Gasteiger partial charge in [0.25, 0.3) is 0 Å². The summed E-state index contributed by atoms with van der Waals surface area (Å²) in [4.78, 5) is 6.35. The Bertz CT molecular complexity index is 652. The van der Waals surface area contributed by atoms with E-state index in [9.17, 15) is 5.11 Å². The predicted octanol–water partition coefficient (Wildman–Crippen LogP) is 2.22. The van der Waals surface area contributed by atoms with E-state index in [1.807, 2.05) is 36.7 Å². The smallest absolute Gasteiger partial charge is 0.125 e. The van der Waals surface area contributed by atoms with Gasteiger partial charge in [-0.25, -0.2) is 4.98 Å². The lowest BCUT2D eigenvalue weighted by molar-refractivity contribution is 0.0729. The first-order chi connectivity index (χ1) is 10.9. The maximum atomic E-state index is 10.2. The minimum atomic E-state index is -0.542. The van der Waals surface area contributed by atoms with Crippen molar-refractivity contribution in [2.75, 3.05) is 20.2 Å². The molecule has 0 saturated heterocycles. The largest absolute Gasteiger partial charge is 0.490 e. The lowest BCUT2D eigenvalue weighted by Gasteiger charge is -2.21. The number of hydrogen-bond donors (Lipinski definition) is 1. The molecule has 126 valence electrons. The lowest BCUT2D eigenvalue weighted by Crippen LogP contribution is -2.33. The molecule has 1 atom stereocenters. The van der Waals surface area contributed by atoms with Crippen LogP contribution >= 0.6 is 0 Å². The first-order valence-corrected chi connectivity index (χ1v) is 7.91. The number of ether oxygens (including phenoxy) is 1. The van der Waals surface area contributed by atoms with Gasteiger partial charge in [0.15, 0.2) is 0 Å². The fourth-order valence-electron chi connectivity index (χ4n) is 2.59. The van der Waals surface area contributed by atoms with Crippen LogP contribution < -0.4 is 4.74 Å². The molecule has 0 radical (unpaired) electrons. The van der Waals surface area contributed by atoms with Crippen LogP contribution in [0.5, 0.6) is 5.75 Å². The van der Waals surface area contributed by atoms with Crippen molar-refractivity contribution in [3.05, 3.63) is 47.0 Å². The molecule has 0 aliphatic carbocycles. The molecule has 5 heteroatoms. The molecule has 2 aromatic rings. The van der Waals surface area contributed by atoms with Crippen LogP contribution in [0, 0.1) is 20.8 Å². The van der Waals surface area contributed by atoms with Gasteiger partial charge < -0.3 is 14.4 Å². The van der Waals surface area contributed by atoms with Crippen LogP contribution in [-0.4, -0.2) is 45.9 Å². The van der Waals surface area contributed by atoms with Crippen molar-refractivity contribution < 1.29 is 9.84 Å². The molecule has 0 fully saturated rings. The third kappa shape index (κ3) is 4.56. The number of likely N-dealkylation sites (N-methyl/N-ethyl adjacent to an activating group) is 1. The van der Waals surface area contributed by atoms with Gasteiger partial charge in [0.2, 0.25) is 0 Å². The van der Waals surface area contributed by atoms with E-state index in [4.69, 9.17) is 4.74 Å². The second-order valence-corrected chi connectivity index (χ2v) is 6.27. The minimum absolute atomic E-state index is 0.288. The Morgan fingerprint density at radius 1 is 1.26 bits per heavy atom. The Hall–Kier alpha value is -1.85. The van der Waals surface area contributed by atoms with Crippen LogP contribution in [0.25, 0.3) is 0 Å². The highest BCUT2D eigenvalue weighted by atomic mass is 16.5. The second kappa shape index (κ2) is 7.62. The molecule has 0 aliphatic rings. The first-order valence-electron chi connectivity index (χ1n) is 7.91. The van der Waals surface area contributed by atoms with E-state index in [1.165, 1.54) is 5.56 Å². The monoisotopic (exact) mass is 317 g/mol. The molecular weight excluding hydrogens is 290 g/mol. The van der Waals surface area contributed by atoms with Gasteiger partial charge in [-0.2, -0.15) is 0 Å². The number of aliphatic hydroxyl groups excluding tert-OH is 1. The second-order valence-electron chi connectivity index (χ2n) is 6.27. The third-order valence-electron chi connectivity index (χ3n) is 4.15. The summed E-state index contributed by atoms with van der Waals surface area (Å²) in [5, 5.41) is 10.2. The van der Waals surface area contributed by atoms with Crippen molar-refractivity contribution in [1.29, 1.82) is 0 Å². The molecule has 1 heterocycles. The zero-order chi connectivity index (χ0) is 17.0. The van der Waals surface area contributed by atoms with Gasteiger partial charge >= 0.3 is 0 Å². The van der Waals surface area contributed by atoms with E-state index < -0.39 is 6.10 Å². The van der Waals surface area contributed by atoms with Crippen molar-refractivity contribution in [3.8, 4) is 5.75 Å². The number of rotatable bonds is 7. The van der Waals surface area contributed by atoms with E-state index in [2.05, 4.69) is 31.0 Å². The molecule has 0 amide bonds. The summed E-state index contributed by atoms with van der Waals surface area (Å²) < 4.78 is 7.86. The fraction of sp³-hybridized carbons (Fsp3) is 0.500. The van der Waals surface area contributed by atoms with Crippen molar-refractivity contribution in [3.63, 3.8) is 0 Å². The number of imidazole rings is 1. The zero-order valence-electron chi connectivity index (χ0n) is 14.7. The number of benzene rings is 1. The minimum Gasteiger partial charge on any atom is -0.490 e. The number of aliphatic hydroxyl groups is 1. The van der Waals surface area contributed by atoms with Crippen LogP contribution in [0.1, 0.15) is 22.5 Å². The van der Waals surface area contributed by atoms with E-state index in [1.54, 1.807) is 6.20 Å². The maximum absolute atomic E-state index is 10.2. The standard InChI is InChI=1S/C18H27N3O2/c1-13-6-7-14(2)18(15(13)3)23-12-16(22)10-20(4)11-17-19-8-9-21(17)5/h6-9,16,22H,10-12H2,1-5H3. The lowest BCUT2D eigenvalue weighted by atomic mass is 10.1. The topological polar surface area (TPSA) is 50.5 Å². The Labute approximate surface area is 138 Å². The summed E-state index contributed by atoms with van der Waals surface area (Å²) in [6.07, 6.45) is 3.16. The Morgan fingerprint density at radius 2 is 1.96 bits per heavy atom. The highest BCUT2D eigenvalue weighted by Crippen LogP contribution is 2.25. The van der Waals surface area contributed by atoms with E-state index in [-0.39, 0.29) is 6.61 Å². The molecule has 1 N–H and O–H groups in total. The van der Waals surface area contributed by atoms with Gasteiger partial charge in [0, 0.05) is 26.0 Å². The quantitative estimate of drug-likeness (QED) is 0.851. The van der Waals surface area contributed by atoms with E-state index in [0.29, 0.717) is 13.1 Å². The Morgan fingerprint density at radius 3 is 2.61 bits per heavy atom. The van der Waals surface area contributed by atoms with Gasteiger partial charge in [-0.15, -0.1) is 0 Å². The summed E-state index contributed by atoms with van der Waals surface area (Å²) in [7, 11) is 3.94. The van der Waals surface area contributed by atoms with Gasteiger partial charge in [0.05, 0.1) is 6.54 Å². The Balaban J connectivity index is 1.87. The van der Waals surface area contributed by atoms with Gasteiger partial charge in [0.1, 0.15) is 24.3 Å². The molecule has 2 rings (SSSR count). The molecular formula is C18H27N3O2. The van der Waals surface area contributed by atoms with Crippen LogP contribution in [0.2, 0.25) is 0 Å².